The summed E-state index contributed by atoms with van der Waals surface area (Å²) in [6.07, 6.45) is 0. The van der Waals surface area contributed by atoms with Crippen LogP contribution in [0.2, 0.25) is 0 Å². The molecule has 0 amide bonds. The van der Waals surface area contributed by atoms with Crippen LogP contribution < -0.4 is 0 Å². The minimum absolute atomic E-state index is 0.975. The van der Waals surface area contributed by atoms with Crippen LogP contribution in [0.1, 0.15) is 0 Å². The molecule has 2 heteroatoms. The molecule has 2 rings (SSSR count). The molecule has 1 aromatic carbocycles. The minimum Gasteiger partial charge on any atom is -0.244 e. The minimum atomic E-state index is 0.975. The Bertz CT molecular complexity index is 283. The second-order valence-electron chi connectivity index (χ2n) is 1.74. The number of nitrogens with zero attached hydrogens (tertiary/aromatic N) is 1. The quantitative estimate of drug-likeness (QED) is 0.537. The van der Waals surface area contributed by atoms with Crippen molar-refractivity contribution in [2.24, 2.45) is 0 Å². The number of rotatable bonds is 0. The van der Waals surface area contributed by atoms with E-state index in [9.17, 15) is 0 Å². The maximum atomic E-state index is 4.08. The molecule has 0 saturated heterocycles. The van der Waals surface area contributed by atoms with E-state index >= 15 is 0 Å². The topological polar surface area (TPSA) is 12.9 Å². The summed E-state index contributed by atoms with van der Waals surface area (Å²) in [5.74, 6) is 0. The van der Waals surface area contributed by atoms with E-state index in [1.54, 1.807) is 11.3 Å². The number of thiazole rings is 1. The Morgan fingerprint density at radius 3 is 3.44 bits per heavy atom. The zero-order valence-corrected chi connectivity index (χ0v) is 5.48. The van der Waals surface area contributed by atoms with Gasteiger partial charge in [-0.25, -0.2) is 4.98 Å². The van der Waals surface area contributed by atoms with Crippen molar-refractivity contribution in [3.63, 3.8) is 0 Å². The zero-order valence-electron chi connectivity index (χ0n) is 4.66. The largest absolute Gasteiger partial charge is 0.244 e. The Hall–Kier alpha value is -0.890. The Labute approximate surface area is 57.0 Å². The van der Waals surface area contributed by atoms with Gasteiger partial charge in [0, 0.05) is 6.07 Å². The lowest BCUT2D eigenvalue weighted by Crippen LogP contribution is -1.62. The predicted molar refractivity (Wildman–Crippen MR) is 38.5 cm³/mol. The first-order valence-corrected chi connectivity index (χ1v) is 3.55. The van der Waals surface area contributed by atoms with Gasteiger partial charge in [0.25, 0.3) is 0 Å². The summed E-state index contributed by atoms with van der Waals surface area (Å²) in [5, 5.41) is 0. The number of hydrogen-bond donors (Lipinski definition) is 0. The normalized spacial score (nSPS) is 10.2. The highest BCUT2D eigenvalue weighted by Gasteiger charge is 1.90. The Kier molecular flexibility index (Phi) is 0.993. The molecule has 1 radical (unpaired) electrons. The van der Waals surface area contributed by atoms with Gasteiger partial charge in [0.15, 0.2) is 0 Å². The van der Waals surface area contributed by atoms with Crippen molar-refractivity contribution < 1.29 is 0 Å². The molecule has 1 heterocycles. The molecule has 0 unspecified atom stereocenters. The fraction of sp³-hybridized carbons (Fsp3) is 0. The molecule has 0 aliphatic heterocycles. The van der Waals surface area contributed by atoms with Crippen molar-refractivity contribution in [3.05, 3.63) is 29.8 Å². The molecule has 0 spiro atoms. The highest BCUT2D eigenvalue weighted by atomic mass is 32.1. The van der Waals surface area contributed by atoms with Gasteiger partial charge in [-0.15, -0.1) is 11.3 Å². The van der Waals surface area contributed by atoms with E-state index in [4.69, 9.17) is 0 Å². The lowest BCUT2D eigenvalue weighted by Gasteiger charge is -1.79. The van der Waals surface area contributed by atoms with Gasteiger partial charge in [-0.2, -0.15) is 0 Å². The first-order valence-electron chi connectivity index (χ1n) is 2.67. The van der Waals surface area contributed by atoms with E-state index in [1.165, 1.54) is 4.70 Å². The maximum absolute atomic E-state index is 4.08. The van der Waals surface area contributed by atoms with Gasteiger partial charge in [0.05, 0.1) is 15.7 Å². The second kappa shape index (κ2) is 1.81. The van der Waals surface area contributed by atoms with Crippen LogP contribution in [0.15, 0.2) is 23.7 Å². The summed E-state index contributed by atoms with van der Waals surface area (Å²) in [4.78, 5) is 4.08. The van der Waals surface area contributed by atoms with Gasteiger partial charge >= 0.3 is 0 Å². The van der Waals surface area contributed by atoms with E-state index in [2.05, 4.69) is 11.1 Å². The molecular weight excluding hydrogens is 130 g/mol. The van der Waals surface area contributed by atoms with Crippen LogP contribution in [-0.2, 0) is 0 Å². The molecule has 1 aromatic heterocycles. The molecule has 0 bridgehead atoms. The van der Waals surface area contributed by atoms with Crippen LogP contribution in [-0.4, -0.2) is 4.98 Å². The van der Waals surface area contributed by atoms with Crippen LogP contribution in [0.5, 0.6) is 0 Å². The van der Waals surface area contributed by atoms with E-state index < -0.39 is 0 Å². The standard InChI is InChI=1S/C7H4NS/c1-2-4-7-6(3-1)8-5-9-7/h1-2,4-5H. The summed E-state index contributed by atoms with van der Waals surface area (Å²) in [7, 11) is 0. The monoisotopic (exact) mass is 134 g/mol. The Morgan fingerprint density at radius 1 is 1.56 bits per heavy atom. The van der Waals surface area contributed by atoms with Crippen molar-refractivity contribution >= 4 is 21.6 Å². The van der Waals surface area contributed by atoms with Crippen molar-refractivity contribution in [1.29, 1.82) is 0 Å². The van der Waals surface area contributed by atoms with E-state index in [0.717, 1.165) is 5.52 Å². The molecule has 9 heavy (non-hydrogen) atoms. The van der Waals surface area contributed by atoms with Crippen molar-refractivity contribution in [2.75, 3.05) is 0 Å². The van der Waals surface area contributed by atoms with Gasteiger partial charge in [-0.1, -0.05) is 12.1 Å². The average Bonchev–Trinajstić information content (AvgIpc) is 2.33. The van der Waals surface area contributed by atoms with Crippen LogP contribution in [0.25, 0.3) is 10.2 Å². The van der Waals surface area contributed by atoms with Crippen molar-refractivity contribution in [3.8, 4) is 0 Å². The molecule has 0 saturated carbocycles. The van der Waals surface area contributed by atoms with Gasteiger partial charge in [0.1, 0.15) is 0 Å². The zero-order chi connectivity index (χ0) is 6.10. The SMILES string of the molecule is [c]1cccc2scnc12. The van der Waals surface area contributed by atoms with Gasteiger partial charge in [-0.05, 0) is 6.07 Å². The summed E-state index contributed by atoms with van der Waals surface area (Å²) in [5.41, 5.74) is 2.81. The predicted octanol–water partition coefficient (Wildman–Crippen LogP) is 2.10. The molecule has 43 valence electrons. The number of para-hydroxylation sites is 1. The summed E-state index contributed by atoms with van der Waals surface area (Å²) < 4.78 is 1.21. The van der Waals surface area contributed by atoms with Crippen LogP contribution in [0, 0.1) is 6.07 Å². The van der Waals surface area contributed by atoms with Crippen LogP contribution in [0.3, 0.4) is 0 Å². The highest BCUT2D eigenvalue weighted by Crippen LogP contribution is 2.14. The summed E-state index contributed by atoms with van der Waals surface area (Å²) >= 11 is 1.64. The van der Waals surface area contributed by atoms with Crippen LogP contribution in [0.4, 0.5) is 0 Å². The molecule has 0 N–H and O–H groups in total. The highest BCUT2D eigenvalue weighted by molar-refractivity contribution is 7.16. The third-order valence-corrected chi connectivity index (χ3v) is 1.95. The van der Waals surface area contributed by atoms with Gasteiger partial charge < -0.3 is 0 Å². The molecule has 0 atom stereocenters. The molecular formula is C7H4NS. The van der Waals surface area contributed by atoms with E-state index in [0.29, 0.717) is 0 Å². The van der Waals surface area contributed by atoms with Gasteiger partial charge in [0.2, 0.25) is 0 Å². The van der Waals surface area contributed by atoms with E-state index in [1.807, 2.05) is 23.7 Å². The number of fused-ring (bicyclic) bond motifs is 1. The van der Waals surface area contributed by atoms with Gasteiger partial charge in [-0.3, -0.25) is 0 Å². The lowest BCUT2D eigenvalue weighted by atomic mass is 10.3. The molecule has 0 aliphatic rings. The van der Waals surface area contributed by atoms with Crippen molar-refractivity contribution in [1.82, 2.24) is 4.98 Å². The van der Waals surface area contributed by atoms with Crippen molar-refractivity contribution in [2.45, 2.75) is 0 Å². The van der Waals surface area contributed by atoms with E-state index in [-0.39, 0.29) is 0 Å². The number of benzene rings is 1. The third kappa shape index (κ3) is 0.715. The lowest BCUT2D eigenvalue weighted by molar-refractivity contribution is 1.50. The first-order chi connectivity index (χ1) is 4.47. The first kappa shape index (κ1) is 4.94. The fourth-order valence-corrected chi connectivity index (χ4v) is 1.40. The third-order valence-electron chi connectivity index (χ3n) is 1.16. The number of hydrogen-bond acceptors (Lipinski definition) is 2. The number of aromatic nitrogens is 1. The Morgan fingerprint density at radius 2 is 2.56 bits per heavy atom. The average molecular weight is 134 g/mol. The summed E-state index contributed by atoms with van der Waals surface area (Å²) in [6, 6.07) is 8.93. The molecule has 0 aliphatic carbocycles. The van der Waals surface area contributed by atoms with Crippen LogP contribution >= 0.6 is 11.3 Å². The Balaban J connectivity index is 2.95. The summed E-state index contributed by atoms with van der Waals surface area (Å²) in [6.45, 7) is 0. The fourth-order valence-electron chi connectivity index (χ4n) is 0.744. The smallest absolute Gasteiger partial charge is 0.0891 e. The molecule has 0 fully saturated rings. The maximum Gasteiger partial charge on any atom is 0.0891 e. The molecule has 1 nitrogen and oxygen atoms in total. The second-order valence-corrected chi connectivity index (χ2v) is 2.62. The molecule has 2 aromatic rings.